The molecule has 1 atom stereocenters. The molecule has 0 radical (unpaired) electrons. The molecule has 0 aliphatic rings. The topological polar surface area (TPSA) is 32.3 Å². The maximum absolute atomic E-state index is 9.59. The van der Waals surface area contributed by atoms with E-state index in [-0.39, 0.29) is 12.6 Å². The summed E-state index contributed by atoms with van der Waals surface area (Å²) in [4.78, 5) is 0. The second kappa shape index (κ2) is 6.75. The minimum atomic E-state index is -0.220. The lowest BCUT2D eigenvalue weighted by atomic mass is 10.1. The number of nitrogens with one attached hydrogen (secondary N) is 1. The summed E-state index contributed by atoms with van der Waals surface area (Å²) in [7, 11) is 0. The van der Waals surface area contributed by atoms with Gasteiger partial charge in [-0.25, -0.2) is 0 Å². The molecule has 0 saturated carbocycles. The summed E-state index contributed by atoms with van der Waals surface area (Å²) in [6.45, 7) is -0.0224. The molecule has 2 N–H and O–H groups in total. The molecule has 2 aromatic rings. The first-order valence-corrected chi connectivity index (χ1v) is 7.64. The molecule has 0 heterocycles. The zero-order chi connectivity index (χ0) is 13.8. The van der Waals surface area contributed by atoms with Crippen LogP contribution in [0.25, 0.3) is 0 Å². The van der Waals surface area contributed by atoms with E-state index in [0.717, 1.165) is 20.2 Å². The molecule has 19 heavy (non-hydrogen) atoms. The number of anilines is 1. The van der Waals surface area contributed by atoms with Crippen LogP contribution in [0.5, 0.6) is 0 Å². The molecule has 5 heteroatoms. The second-order valence-electron chi connectivity index (χ2n) is 4.06. The Morgan fingerprint density at radius 1 is 1.16 bits per heavy atom. The average Bonchev–Trinajstić information content (AvgIpc) is 2.39. The summed E-state index contributed by atoms with van der Waals surface area (Å²) >= 11 is 12.9. The smallest absolute Gasteiger partial charge is 0.0756 e. The SMILES string of the molecule is OCC(Nc1cccc(Br)c1)c1cc(Cl)ccc1Br. The third-order valence-electron chi connectivity index (χ3n) is 2.68. The fraction of sp³-hybridized carbons (Fsp3) is 0.143. The molecule has 2 aromatic carbocycles. The van der Waals surface area contributed by atoms with Crippen LogP contribution in [0.15, 0.2) is 51.4 Å². The molecule has 0 aliphatic heterocycles. The lowest BCUT2D eigenvalue weighted by Crippen LogP contribution is -2.15. The van der Waals surface area contributed by atoms with Gasteiger partial charge in [-0.2, -0.15) is 0 Å². The highest BCUT2D eigenvalue weighted by Gasteiger charge is 2.14. The van der Waals surface area contributed by atoms with Crippen LogP contribution < -0.4 is 5.32 Å². The molecule has 2 rings (SSSR count). The summed E-state index contributed by atoms with van der Waals surface area (Å²) in [5, 5.41) is 13.5. The number of benzene rings is 2. The number of hydrogen-bond acceptors (Lipinski definition) is 2. The predicted octanol–water partition coefficient (Wildman–Crippen LogP) is 5.01. The van der Waals surface area contributed by atoms with Crippen LogP contribution in [0.3, 0.4) is 0 Å². The van der Waals surface area contributed by atoms with Crippen LogP contribution in [-0.4, -0.2) is 11.7 Å². The van der Waals surface area contributed by atoms with Gasteiger partial charge in [0.1, 0.15) is 0 Å². The highest BCUT2D eigenvalue weighted by atomic mass is 79.9. The standard InChI is InChI=1S/C14H12Br2ClNO/c15-9-2-1-3-11(6-9)18-14(8-19)12-7-10(17)4-5-13(12)16/h1-7,14,18-19H,8H2. The number of halogens is 3. The summed E-state index contributed by atoms with van der Waals surface area (Å²) in [6.07, 6.45) is 0. The minimum absolute atomic E-state index is 0.0224. The Morgan fingerprint density at radius 3 is 2.63 bits per heavy atom. The van der Waals surface area contributed by atoms with Crippen LogP contribution in [-0.2, 0) is 0 Å². The molecule has 0 saturated heterocycles. The van der Waals surface area contributed by atoms with Crippen molar-refractivity contribution >= 4 is 49.1 Å². The highest BCUT2D eigenvalue weighted by Crippen LogP contribution is 2.29. The van der Waals surface area contributed by atoms with Gasteiger partial charge in [-0.3, -0.25) is 0 Å². The zero-order valence-corrected chi connectivity index (χ0v) is 13.8. The first kappa shape index (κ1) is 14.9. The summed E-state index contributed by atoms with van der Waals surface area (Å²) in [5.74, 6) is 0. The van der Waals surface area contributed by atoms with Crippen LogP contribution >= 0.6 is 43.5 Å². The van der Waals surface area contributed by atoms with Crippen molar-refractivity contribution in [1.82, 2.24) is 0 Å². The lowest BCUT2D eigenvalue weighted by Gasteiger charge is -2.20. The van der Waals surface area contributed by atoms with Crippen molar-refractivity contribution in [3.8, 4) is 0 Å². The van der Waals surface area contributed by atoms with Crippen LogP contribution in [0, 0.1) is 0 Å². The van der Waals surface area contributed by atoms with E-state index in [2.05, 4.69) is 37.2 Å². The lowest BCUT2D eigenvalue weighted by molar-refractivity contribution is 0.276. The van der Waals surface area contributed by atoms with Gasteiger partial charge < -0.3 is 10.4 Å². The van der Waals surface area contributed by atoms with Crippen molar-refractivity contribution in [2.24, 2.45) is 0 Å². The highest BCUT2D eigenvalue weighted by molar-refractivity contribution is 9.10. The van der Waals surface area contributed by atoms with Gasteiger partial charge in [0.05, 0.1) is 12.6 Å². The summed E-state index contributed by atoms with van der Waals surface area (Å²) < 4.78 is 1.90. The van der Waals surface area contributed by atoms with E-state index < -0.39 is 0 Å². The minimum Gasteiger partial charge on any atom is -0.394 e. The molecular formula is C14H12Br2ClNO. The molecule has 0 spiro atoms. The van der Waals surface area contributed by atoms with Gasteiger partial charge in [0.15, 0.2) is 0 Å². The van der Waals surface area contributed by atoms with Gasteiger partial charge in [-0.05, 0) is 42.0 Å². The third-order valence-corrected chi connectivity index (χ3v) is 4.13. The predicted molar refractivity (Wildman–Crippen MR) is 86.7 cm³/mol. The number of aliphatic hydroxyl groups is 1. The fourth-order valence-corrected chi connectivity index (χ4v) is 2.89. The molecule has 100 valence electrons. The van der Waals surface area contributed by atoms with Crippen molar-refractivity contribution in [3.63, 3.8) is 0 Å². The first-order valence-electron chi connectivity index (χ1n) is 5.68. The molecule has 1 unspecified atom stereocenters. The Hall–Kier alpha value is -0.550. The molecule has 0 bridgehead atoms. The van der Waals surface area contributed by atoms with Crippen molar-refractivity contribution in [2.75, 3.05) is 11.9 Å². The van der Waals surface area contributed by atoms with Crippen molar-refractivity contribution in [2.45, 2.75) is 6.04 Å². The van der Waals surface area contributed by atoms with E-state index in [1.165, 1.54) is 0 Å². The zero-order valence-electron chi connectivity index (χ0n) is 9.91. The van der Waals surface area contributed by atoms with E-state index in [0.29, 0.717) is 5.02 Å². The number of aliphatic hydroxyl groups excluding tert-OH is 1. The molecule has 0 fully saturated rings. The summed E-state index contributed by atoms with van der Waals surface area (Å²) in [6, 6.07) is 13.1. The quantitative estimate of drug-likeness (QED) is 0.749. The van der Waals surface area contributed by atoms with Gasteiger partial charge in [0, 0.05) is 19.7 Å². The normalized spacial score (nSPS) is 12.2. The van der Waals surface area contributed by atoms with E-state index in [1.807, 2.05) is 42.5 Å². The Kier molecular flexibility index (Phi) is 5.28. The molecule has 0 aliphatic carbocycles. The van der Waals surface area contributed by atoms with E-state index in [9.17, 15) is 5.11 Å². The van der Waals surface area contributed by atoms with E-state index >= 15 is 0 Å². The molecular weight excluding hydrogens is 393 g/mol. The van der Waals surface area contributed by atoms with Crippen molar-refractivity contribution in [3.05, 3.63) is 62.0 Å². The fourth-order valence-electron chi connectivity index (χ4n) is 1.78. The first-order chi connectivity index (χ1) is 9.10. The van der Waals surface area contributed by atoms with Crippen molar-refractivity contribution < 1.29 is 5.11 Å². The van der Waals surface area contributed by atoms with Crippen LogP contribution in [0.4, 0.5) is 5.69 Å². The van der Waals surface area contributed by atoms with Crippen LogP contribution in [0.1, 0.15) is 11.6 Å². The number of rotatable bonds is 4. The number of hydrogen-bond donors (Lipinski definition) is 2. The van der Waals surface area contributed by atoms with E-state index in [4.69, 9.17) is 11.6 Å². The maximum Gasteiger partial charge on any atom is 0.0756 e. The Morgan fingerprint density at radius 2 is 1.95 bits per heavy atom. The molecule has 0 amide bonds. The third kappa shape index (κ3) is 3.96. The van der Waals surface area contributed by atoms with Crippen LogP contribution in [0.2, 0.25) is 5.02 Å². The Labute approximate surface area is 134 Å². The van der Waals surface area contributed by atoms with Gasteiger partial charge in [0.2, 0.25) is 0 Å². The summed E-state index contributed by atoms with van der Waals surface area (Å²) in [5.41, 5.74) is 1.86. The van der Waals surface area contributed by atoms with Gasteiger partial charge in [-0.1, -0.05) is 49.5 Å². The van der Waals surface area contributed by atoms with E-state index in [1.54, 1.807) is 0 Å². The largest absolute Gasteiger partial charge is 0.394 e. The van der Waals surface area contributed by atoms with Crippen molar-refractivity contribution in [1.29, 1.82) is 0 Å². The molecule has 2 nitrogen and oxygen atoms in total. The van der Waals surface area contributed by atoms with Gasteiger partial charge in [-0.15, -0.1) is 0 Å². The maximum atomic E-state index is 9.59. The second-order valence-corrected chi connectivity index (χ2v) is 6.26. The van der Waals surface area contributed by atoms with Gasteiger partial charge in [0.25, 0.3) is 0 Å². The van der Waals surface area contributed by atoms with Gasteiger partial charge >= 0.3 is 0 Å². The Balaban J connectivity index is 2.27. The average molecular weight is 406 g/mol. The monoisotopic (exact) mass is 403 g/mol. The molecule has 0 aromatic heterocycles. The Bertz CT molecular complexity index is 577.